The van der Waals surface area contributed by atoms with Crippen LogP contribution < -0.4 is 9.47 Å². The van der Waals surface area contributed by atoms with Gasteiger partial charge in [-0.15, -0.1) is 0 Å². The Balaban J connectivity index is 2.63. The van der Waals surface area contributed by atoms with Gasteiger partial charge in [0.15, 0.2) is 13.6 Å². The molecule has 2 aromatic carbocycles. The Morgan fingerprint density at radius 3 is 2.44 bits per heavy atom. The van der Waals surface area contributed by atoms with Crippen molar-refractivity contribution in [3.05, 3.63) is 47.5 Å². The number of hydrogen-bond acceptors (Lipinski definition) is 7. The Kier molecular flexibility index (Phi) is 7.62. The van der Waals surface area contributed by atoms with Gasteiger partial charge in [-0.1, -0.05) is 12.1 Å². The molecule has 0 fully saturated rings. The fourth-order valence-electron chi connectivity index (χ4n) is 2.53. The number of benzene rings is 2. The fourth-order valence-corrected chi connectivity index (χ4v) is 2.53. The number of nitrogens with zero attached hydrogens (tertiary/aromatic N) is 1. The molecule has 0 aliphatic rings. The average Bonchev–Trinajstić information content (AvgIpc) is 2.70. The minimum atomic E-state index is -0.408. The molecular formula is C20H21NO6. The van der Waals surface area contributed by atoms with Gasteiger partial charge in [0.05, 0.1) is 25.2 Å². The molecule has 0 atom stereocenters. The second kappa shape index (κ2) is 10.2. The highest BCUT2D eigenvalue weighted by molar-refractivity contribution is 5.82. The van der Waals surface area contributed by atoms with E-state index in [1.54, 1.807) is 30.3 Å². The van der Waals surface area contributed by atoms with Crippen LogP contribution in [0, 0.1) is 11.3 Å². The number of rotatable bonds is 9. The van der Waals surface area contributed by atoms with Gasteiger partial charge in [0.1, 0.15) is 11.5 Å². The summed E-state index contributed by atoms with van der Waals surface area (Å²) >= 11 is 0. The van der Waals surface area contributed by atoms with Crippen LogP contribution in [-0.2, 0) is 25.4 Å². The van der Waals surface area contributed by atoms with Crippen LogP contribution in [0.2, 0.25) is 0 Å². The second-order valence-electron chi connectivity index (χ2n) is 5.50. The standard InChI is InChI=1S/C20H21NO6/c1-23-12-26-17-8-16(9-19(22)25-3)20(18(10-17)27-13-24-2)15-6-4-5-14(7-15)11-21/h4-8,10H,9,12-13H2,1-3H3. The molecule has 7 nitrogen and oxygen atoms in total. The van der Waals surface area contributed by atoms with Gasteiger partial charge >= 0.3 is 5.97 Å². The molecular weight excluding hydrogens is 350 g/mol. The Bertz CT molecular complexity index is 828. The van der Waals surface area contributed by atoms with Crippen molar-refractivity contribution in [2.24, 2.45) is 0 Å². The van der Waals surface area contributed by atoms with E-state index in [0.717, 1.165) is 5.56 Å². The molecule has 0 aromatic heterocycles. The first kappa shape index (κ1) is 20.2. The van der Waals surface area contributed by atoms with Crippen molar-refractivity contribution in [3.63, 3.8) is 0 Å². The number of hydrogen-bond donors (Lipinski definition) is 0. The maximum absolute atomic E-state index is 11.9. The van der Waals surface area contributed by atoms with E-state index < -0.39 is 5.97 Å². The first-order chi connectivity index (χ1) is 13.1. The molecule has 0 spiro atoms. The van der Waals surface area contributed by atoms with Crippen LogP contribution in [0.25, 0.3) is 11.1 Å². The van der Waals surface area contributed by atoms with E-state index in [1.165, 1.54) is 21.3 Å². The summed E-state index contributed by atoms with van der Waals surface area (Å²) in [4.78, 5) is 11.9. The molecule has 27 heavy (non-hydrogen) atoms. The lowest BCUT2D eigenvalue weighted by Gasteiger charge is -2.18. The molecule has 2 aromatic rings. The summed E-state index contributed by atoms with van der Waals surface area (Å²) < 4.78 is 26.0. The summed E-state index contributed by atoms with van der Waals surface area (Å²) in [6.45, 7) is 0.0565. The Hall–Kier alpha value is -3.08. The summed E-state index contributed by atoms with van der Waals surface area (Å²) in [5, 5.41) is 9.20. The van der Waals surface area contributed by atoms with Crippen molar-refractivity contribution in [1.29, 1.82) is 5.26 Å². The van der Waals surface area contributed by atoms with E-state index in [-0.39, 0.29) is 20.0 Å². The van der Waals surface area contributed by atoms with Gasteiger partial charge < -0.3 is 23.7 Å². The third-order valence-corrected chi connectivity index (χ3v) is 3.68. The monoisotopic (exact) mass is 371 g/mol. The van der Waals surface area contributed by atoms with Crippen molar-refractivity contribution >= 4 is 5.97 Å². The molecule has 0 heterocycles. The maximum atomic E-state index is 11.9. The average molecular weight is 371 g/mol. The number of ether oxygens (including phenoxy) is 5. The molecule has 0 bridgehead atoms. The summed E-state index contributed by atoms with van der Waals surface area (Å²) in [5.41, 5.74) is 2.53. The highest BCUT2D eigenvalue weighted by Crippen LogP contribution is 2.38. The molecule has 0 N–H and O–H groups in total. The largest absolute Gasteiger partial charge is 0.469 e. The van der Waals surface area contributed by atoms with Crippen LogP contribution in [0.5, 0.6) is 11.5 Å². The summed E-state index contributed by atoms with van der Waals surface area (Å²) in [6.07, 6.45) is 0.0101. The van der Waals surface area contributed by atoms with Crippen molar-refractivity contribution in [2.45, 2.75) is 6.42 Å². The van der Waals surface area contributed by atoms with E-state index in [1.807, 2.05) is 6.07 Å². The minimum absolute atomic E-state index is 0.0101. The van der Waals surface area contributed by atoms with E-state index in [0.29, 0.717) is 28.2 Å². The Labute approximate surface area is 158 Å². The van der Waals surface area contributed by atoms with E-state index in [2.05, 4.69) is 6.07 Å². The summed E-state index contributed by atoms with van der Waals surface area (Å²) in [5.74, 6) is 0.524. The lowest BCUT2D eigenvalue weighted by atomic mass is 9.95. The third-order valence-electron chi connectivity index (χ3n) is 3.68. The number of carbonyl (C=O) groups excluding carboxylic acids is 1. The van der Waals surface area contributed by atoms with E-state index in [4.69, 9.17) is 23.7 Å². The minimum Gasteiger partial charge on any atom is -0.469 e. The summed E-state index contributed by atoms with van der Waals surface area (Å²) in [7, 11) is 4.35. The molecule has 7 heteroatoms. The van der Waals surface area contributed by atoms with Gasteiger partial charge in [-0.05, 0) is 29.3 Å². The topological polar surface area (TPSA) is 87.0 Å². The fraction of sp³-hybridized carbons (Fsp3) is 0.300. The van der Waals surface area contributed by atoms with Crippen LogP contribution in [0.15, 0.2) is 36.4 Å². The molecule has 0 aliphatic heterocycles. The molecule has 0 aliphatic carbocycles. The maximum Gasteiger partial charge on any atom is 0.310 e. The van der Waals surface area contributed by atoms with Crippen molar-refractivity contribution in [1.82, 2.24) is 0 Å². The number of methoxy groups -OCH3 is 3. The molecule has 0 saturated heterocycles. The quantitative estimate of drug-likeness (QED) is 0.495. The van der Waals surface area contributed by atoms with Gasteiger partial charge in [0.2, 0.25) is 0 Å². The Morgan fingerprint density at radius 2 is 1.78 bits per heavy atom. The lowest BCUT2D eigenvalue weighted by molar-refractivity contribution is -0.139. The van der Waals surface area contributed by atoms with Gasteiger partial charge in [0, 0.05) is 25.8 Å². The highest BCUT2D eigenvalue weighted by atomic mass is 16.7. The summed E-state index contributed by atoms with van der Waals surface area (Å²) in [6, 6.07) is 12.6. The molecule has 0 radical (unpaired) electrons. The van der Waals surface area contributed by atoms with Crippen LogP contribution >= 0.6 is 0 Å². The van der Waals surface area contributed by atoms with Crippen LogP contribution in [0.1, 0.15) is 11.1 Å². The number of carbonyl (C=O) groups is 1. The SMILES string of the molecule is COCOc1cc(CC(=O)OC)c(-c2cccc(C#N)c2)c(OCOC)c1. The lowest BCUT2D eigenvalue weighted by Crippen LogP contribution is -2.09. The van der Waals surface area contributed by atoms with E-state index >= 15 is 0 Å². The van der Waals surface area contributed by atoms with Gasteiger partial charge in [-0.2, -0.15) is 5.26 Å². The van der Waals surface area contributed by atoms with Crippen LogP contribution in [0.3, 0.4) is 0 Å². The molecule has 0 unspecified atom stereocenters. The zero-order chi connectivity index (χ0) is 19.6. The van der Waals surface area contributed by atoms with Gasteiger partial charge in [0.25, 0.3) is 0 Å². The molecule has 142 valence electrons. The predicted molar refractivity (Wildman–Crippen MR) is 97.3 cm³/mol. The third kappa shape index (κ3) is 5.45. The smallest absolute Gasteiger partial charge is 0.310 e. The Morgan fingerprint density at radius 1 is 1.04 bits per heavy atom. The first-order valence-corrected chi connectivity index (χ1v) is 8.10. The van der Waals surface area contributed by atoms with Gasteiger partial charge in [-0.3, -0.25) is 4.79 Å². The molecule has 0 amide bonds. The van der Waals surface area contributed by atoms with Crippen molar-refractivity contribution < 1.29 is 28.5 Å². The normalized spacial score (nSPS) is 10.1. The zero-order valence-corrected chi connectivity index (χ0v) is 15.5. The van der Waals surface area contributed by atoms with Gasteiger partial charge in [-0.25, -0.2) is 0 Å². The first-order valence-electron chi connectivity index (χ1n) is 8.10. The number of nitriles is 1. The zero-order valence-electron chi connectivity index (χ0n) is 15.5. The molecule has 2 rings (SSSR count). The predicted octanol–water partition coefficient (Wildman–Crippen LogP) is 2.91. The van der Waals surface area contributed by atoms with Crippen LogP contribution in [-0.4, -0.2) is 40.9 Å². The second-order valence-corrected chi connectivity index (χ2v) is 5.50. The molecule has 0 saturated carbocycles. The van der Waals surface area contributed by atoms with Crippen LogP contribution in [0.4, 0.5) is 0 Å². The van der Waals surface area contributed by atoms with E-state index in [9.17, 15) is 10.1 Å². The van der Waals surface area contributed by atoms with Crippen molar-refractivity contribution in [2.75, 3.05) is 34.9 Å². The highest BCUT2D eigenvalue weighted by Gasteiger charge is 2.18. The number of esters is 1. The van der Waals surface area contributed by atoms with Crippen molar-refractivity contribution in [3.8, 4) is 28.7 Å².